The average Bonchev–Trinajstić information content (AvgIpc) is 2.46. The van der Waals surface area contributed by atoms with Crippen LogP contribution in [-0.2, 0) is 0 Å². The maximum Gasteiger partial charge on any atom is 0.193 e. The Hall–Kier alpha value is -2.95. The molecule has 0 heterocycles. The Morgan fingerprint density at radius 2 is 0.800 bits per heavy atom. The minimum Gasteiger partial charge on any atom is -0.545 e. The van der Waals surface area contributed by atoms with Crippen LogP contribution >= 0.6 is 0 Å². The van der Waals surface area contributed by atoms with Gasteiger partial charge in [-0.05, 0) is 11.1 Å². The van der Waals surface area contributed by atoms with Crippen LogP contribution in [0.5, 0.6) is 0 Å². The third kappa shape index (κ3) is 2.72. The van der Waals surface area contributed by atoms with Gasteiger partial charge in [-0.15, -0.1) is 0 Å². The molecule has 20 heavy (non-hydrogen) atoms. The first-order valence-electron chi connectivity index (χ1n) is 5.66. The number of carbonyl (C=O) groups is 3. The first-order chi connectivity index (χ1) is 9.49. The number of hydrogen-bond acceptors (Lipinski definition) is 5. The van der Waals surface area contributed by atoms with Crippen molar-refractivity contribution >= 4 is 17.7 Å². The van der Waals surface area contributed by atoms with Crippen molar-refractivity contribution in [3.8, 4) is 0 Å². The van der Waals surface area contributed by atoms with E-state index in [0.717, 1.165) is 0 Å². The highest BCUT2D eigenvalue weighted by molar-refractivity contribution is 6.09. The standard InChI is InChI=1S/C15H10O5/c16-13(9-1-5-11(6-2-9)14(17)18)10-3-7-12(8-4-10)15(19)20/h1-8H,(H,17,18)(H,19,20)/p-2. The second-order valence-corrected chi connectivity index (χ2v) is 4.06. The van der Waals surface area contributed by atoms with Crippen molar-refractivity contribution < 1.29 is 24.6 Å². The summed E-state index contributed by atoms with van der Waals surface area (Å²) in [6.07, 6.45) is 0. The number of hydrogen-bond donors (Lipinski definition) is 0. The zero-order chi connectivity index (χ0) is 14.7. The molecule has 0 unspecified atom stereocenters. The van der Waals surface area contributed by atoms with E-state index >= 15 is 0 Å². The van der Waals surface area contributed by atoms with Crippen LogP contribution in [0.2, 0.25) is 0 Å². The predicted molar refractivity (Wildman–Crippen MR) is 65.0 cm³/mol. The van der Waals surface area contributed by atoms with E-state index in [2.05, 4.69) is 0 Å². The van der Waals surface area contributed by atoms with Crippen molar-refractivity contribution in [2.45, 2.75) is 0 Å². The lowest BCUT2D eigenvalue weighted by Crippen LogP contribution is -2.22. The molecule has 0 aliphatic rings. The number of carboxylic acid groups (broad SMARTS) is 2. The van der Waals surface area contributed by atoms with Gasteiger partial charge in [-0.25, -0.2) is 0 Å². The fraction of sp³-hybridized carbons (Fsp3) is 0. The van der Waals surface area contributed by atoms with Crippen LogP contribution < -0.4 is 10.2 Å². The smallest absolute Gasteiger partial charge is 0.193 e. The quantitative estimate of drug-likeness (QED) is 0.705. The summed E-state index contributed by atoms with van der Waals surface area (Å²) in [4.78, 5) is 33.3. The molecular formula is C15H8O5-2. The third-order valence-corrected chi connectivity index (χ3v) is 2.77. The number of benzene rings is 2. The third-order valence-electron chi connectivity index (χ3n) is 2.77. The number of carbonyl (C=O) groups excluding carboxylic acids is 3. The lowest BCUT2D eigenvalue weighted by atomic mass is 10.0. The minimum absolute atomic E-state index is 0.0196. The Morgan fingerprint density at radius 3 is 1.05 bits per heavy atom. The Balaban J connectivity index is 2.26. The fourth-order valence-corrected chi connectivity index (χ4v) is 1.68. The zero-order valence-corrected chi connectivity index (χ0v) is 10.2. The molecule has 2 aromatic rings. The molecule has 0 aliphatic carbocycles. The highest BCUT2D eigenvalue weighted by Crippen LogP contribution is 2.12. The first-order valence-corrected chi connectivity index (χ1v) is 5.66. The van der Waals surface area contributed by atoms with E-state index in [1.165, 1.54) is 48.5 Å². The maximum absolute atomic E-state index is 12.1. The van der Waals surface area contributed by atoms with E-state index in [4.69, 9.17) is 0 Å². The zero-order valence-electron chi connectivity index (χ0n) is 10.2. The summed E-state index contributed by atoms with van der Waals surface area (Å²) in [6.45, 7) is 0. The van der Waals surface area contributed by atoms with E-state index < -0.39 is 11.9 Å². The molecule has 0 bridgehead atoms. The van der Waals surface area contributed by atoms with Crippen LogP contribution in [0, 0.1) is 0 Å². The minimum atomic E-state index is -1.32. The van der Waals surface area contributed by atoms with Gasteiger partial charge >= 0.3 is 0 Å². The predicted octanol–water partition coefficient (Wildman–Crippen LogP) is -0.355. The van der Waals surface area contributed by atoms with Crippen LogP contribution in [0.25, 0.3) is 0 Å². The maximum atomic E-state index is 12.1. The molecule has 0 radical (unpaired) electrons. The van der Waals surface area contributed by atoms with Crippen molar-refractivity contribution in [3.05, 3.63) is 70.8 Å². The Kier molecular flexibility index (Phi) is 3.61. The summed E-state index contributed by atoms with van der Waals surface area (Å²) in [6, 6.07) is 10.6. The van der Waals surface area contributed by atoms with Crippen LogP contribution in [0.3, 0.4) is 0 Å². The number of rotatable bonds is 4. The molecule has 2 rings (SSSR count). The lowest BCUT2D eigenvalue weighted by molar-refractivity contribution is -0.256. The second-order valence-electron chi connectivity index (χ2n) is 4.06. The molecule has 0 atom stereocenters. The number of aromatic carboxylic acids is 2. The molecule has 0 N–H and O–H groups in total. The Morgan fingerprint density at radius 1 is 0.550 bits per heavy atom. The Bertz CT molecular complexity index is 609. The molecule has 5 heteroatoms. The summed E-state index contributed by atoms with van der Waals surface area (Å²) in [5.74, 6) is -2.97. The van der Waals surface area contributed by atoms with Gasteiger partial charge in [0.05, 0.1) is 11.9 Å². The van der Waals surface area contributed by atoms with Crippen molar-refractivity contribution in [3.63, 3.8) is 0 Å². The van der Waals surface area contributed by atoms with E-state index in [0.29, 0.717) is 11.1 Å². The van der Waals surface area contributed by atoms with Crippen LogP contribution in [-0.4, -0.2) is 17.7 Å². The highest BCUT2D eigenvalue weighted by atomic mass is 16.4. The average molecular weight is 268 g/mol. The summed E-state index contributed by atoms with van der Waals surface area (Å²) in [5, 5.41) is 21.2. The SMILES string of the molecule is O=C([O-])c1ccc(C(=O)c2ccc(C(=O)[O-])cc2)cc1. The van der Waals surface area contributed by atoms with Crippen LogP contribution in [0.1, 0.15) is 36.6 Å². The van der Waals surface area contributed by atoms with Gasteiger partial charge in [0.2, 0.25) is 0 Å². The van der Waals surface area contributed by atoms with Gasteiger partial charge in [0.15, 0.2) is 5.78 Å². The first kappa shape index (κ1) is 13.5. The molecule has 100 valence electrons. The van der Waals surface area contributed by atoms with Gasteiger partial charge in [-0.3, -0.25) is 4.79 Å². The molecule has 0 fully saturated rings. The molecular weight excluding hydrogens is 260 g/mol. The van der Waals surface area contributed by atoms with Gasteiger partial charge in [-0.2, -0.15) is 0 Å². The van der Waals surface area contributed by atoms with Crippen molar-refractivity contribution in [2.24, 2.45) is 0 Å². The normalized spacial score (nSPS) is 10.0. The van der Waals surface area contributed by atoms with Gasteiger partial charge in [0.1, 0.15) is 0 Å². The van der Waals surface area contributed by atoms with E-state index in [9.17, 15) is 24.6 Å². The van der Waals surface area contributed by atoms with Crippen molar-refractivity contribution in [2.75, 3.05) is 0 Å². The molecule has 0 spiro atoms. The van der Waals surface area contributed by atoms with E-state index in [-0.39, 0.29) is 16.9 Å². The number of carboxylic acids is 2. The molecule has 0 amide bonds. The molecule has 0 saturated heterocycles. The molecule has 0 aliphatic heterocycles. The van der Waals surface area contributed by atoms with Gasteiger partial charge in [-0.1, -0.05) is 48.5 Å². The summed E-state index contributed by atoms with van der Waals surface area (Å²) in [5.41, 5.74) is 0.565. The molecule has 0 aromatic heterocycles. The molecule has 5 nitrogen and oxygen atoms in total. The molecule has 0 saturated carbocycles. The van der Waals surface area contributed by atoms with Crippen molar-refractivity contribution in [1.82, 2.24) is 0 Å². The van der Waals surface area contributed by atoms with E-state index in [1.54, 1.807) is 0 Å². The Labute approximate surface area is 114 Å². The largest absolute Gasteiger partial charge is 0.545 e. The van der Waals surface area contributed by atoms with E-state index in [1.807, 2.05) is 0 Å². The monoisotopic (exact) mass is 268 g/mol. The van der Waals surface area contributed by atoms with Crippen molar-refractivity contribution in [1.29, 1.82) is 0 Å². The van der Waals surface area contributed by atoms with Gasteiger partial charge in [0.25, 0.3) is 0 Å². The highest BCUT2D eigenvalue weighted by Gasteiger charge is 2.09. The molecule has 2 aromatic carbocycles. The van der Waals surface area contributed by atoms with Crippen LogP contribution in [0.4, 0.5) is 0 Å². The van der Waals surface area contributed by atoms with Gasteiger partial charge < -0.3 is 19.8 Å². The van der Waals surface area contributed by atoms with Gasteiger partial charge in [0, 0.05) is 11.1 Å². The summed E-state index contributed by atoms with van der Waals surface area (Å²) >= 11 is 0. The van der Waals surface area contributed by atoms with Crippen LogP contribution in [0.15, 0.2) is 48.5 Å². The number of ketones is 1. The lowest BCUT2D eigenvalue weighted by Gasteiger charge is -2.06. The fourth-order valence-electron chi connectivity index (χ4n) is 1.68. The summed E-state index contributed by atoms with van der Waals surface area (Å²) in [7, 11) is 0. The second kappa shape index (κ2) is 5.36. The summed E-state index contributed by atoms with van der Waals surface area (Å²) < 4.78 is 0. The topological polar surface area (TPSA) is 97.3 Å².